The van der Waals surface area contributed by atoms with Crippen LogP contribution in [0.15, 0.2) is 60.7 Å². The molecule has 1 heterocycles. The SMILES string of the molecule is COc1ccccc1/C=C/C(=O)OCC(=O)N1CCN(Cc2ccccc2)CC1. The van der Waals surface area contributed by atoms with E-state index < -0.39 is 5.97 Å². The van der Waals surface area contributed by atoms with Gasteiger partial charge in [-0.2, -0.15) is 0 Å². The number of benzene rings is 2. The summed E-state index contributed by atoms with van der Waals surface area (Å²) in [6.45, 7) is 3.53. The second-order valence-electron chi connectivity index (χ2n) is 6.83. The van der Waals surface area contributed by atoms with Gasteiger partial charge in [-0.15, -0.1) is 0 Å². The molecule has 0 aliphatic carbocycles. The van der Waals surface area contributed by atoms with Crippen molar-refractivity contribution in [3.8, 4) is 5.75 Å². The monoisotopic (exact) mass is 394 g/mol. The number of para-hydroxylation sites is 1. The predicted molar refractivity (Wildman–Crippen MR) is 111 cm³/mol. The second kappa shape index (κ2) is 10.4. The molecular weight excluding hydrogens is 368 g/mol. The summed E-state index contributed by atoms with van der Waals surface area (Å²) in [5.74, 6) is -0.0450. The summed E-state index contributed by atoms with van der Waals surface area (Å²) in [6.07, 6.45) is 2.93. The van der Waals surface area contributed by atoms with Crippen molar-refractivity contribution in [1.82, 2.24) is 9.80 Å². The van der Waals surface area contributed by atoms with Gasteiger partial charge in [0.2, 0.25) is 0 Å². The molecule has 0 atom stereocenters. The molecule has 2 aromatic carbocycles. The van der Waals surface area contributed by atoms with Gasteiger partial charge in [-0.1, -0.05) is 48.5 Å². The molecule has 1 amide bonds. The number of piperazine rings is 1. The summed E-state index contributed by atoms with van der Waals surface area (Å²) in [4.78, 5) is 28.3. The Bertz CT molecular complexity index is 843. The highest BCUT2D eigenvalue weighted by molar-refractivity contribution is 5.89. The van der Waals surface area contributed by atoms with Gasteiger partial charge in [-0.3, -0.25) is 9.69 Å². The number of hydrogen-bond donors (Lipinski definition) is 0. The normalized spacial score (nSPS) is 14.7. The first-order chi connectivity index (χ1) is 14.2. The van der Waals surface area contributed by atoms with Gasteiger partial charge in [-0.25, -0.2) is 4.79 Å². The van der Waals surface area contributed by atoms with Gasteiger partial charge in [0.1, 0.15) is 5.75 Å². The number of hydrogen-bond acceptors (Lipinski definition) is 5. The third-order valence-corrected chi connectivity index (χ3v) is 4.85. The predicted octanol–water partition coefficient (Wildman–Crippen LogP) is 2.60. The van der Waals surface area contributed by atoms with E-state index in [2.05, 4.69) is 17.0 Å². The van der Waals surface area contributed by atoms with Gasteiger partial charge in [0, 0.05) is 44.4 Å². The fourth-order valence-electron chi connectivity index (χ4n) is 3.23. The van der Waals surface area contributed by atoms with Crippen molar-refractivity contribution >= 4 is 18.0 Å². The summed E-state index contributed by atoms with van der Waals surface area (Å²) < 4.78 is 10.3. The molecule has 0 spiro atoms. The number of amides is 1. The standard InChI is InChI=1S/C23H26N2O4/c1-28-21-10-6-5-9-20(21)11-12-23(27)29-18-22(26)25-15-13-24(14-16-25)17-19-7-3-2-4-8-19/h2-12H,13-18H2,1H3/b12-11+. The summed E-state index contributed by atoms with van der Waals surface area (Å²) in [5, 5.41) is 0. The molecule has 0 radical (unpaired) electrons. The van der Waals surface area contributed by atoms with E-state index in [0.29, 0.717) is 18.8 Å². The number of ether oxygens (including phenoxy) is 2. The summed E-state index contributed by atoms with van der Waals surface area (Å²) in [5.41, 5.74) is 2.04. The van der Waals surface area contributed by atoms with E-state index in [4.69, 9.17) is 9.47 Å². The van der Waals surface area contributed by atoms with E-state index in [-0.39, 0.29) is 12.5 Å². The maximum absolute atomic E-state index is 12.3. The maximum atomic E-state index is 12.3. The highest BCUT2D eigenvalue weighted by atomic mass is 16.5. The van der Waals surface area contributed by atoms with Crippen LogP contribution in [-0.4, -0.2) is 61.6 Å². The van der Waals surface area contributed by atoms with Gasteiger partial charge in [0.15, 0.2) is 6.61 Å². The Morgan fingerprint density at radius 3 is 2.38 bits per heavy atom. The molecule has 1 saturated heterocycles. The Morgan fingerprint density at radius 2 is 1.66 bits per heavy atom. The Morgan fingerprint density at radius 1 is 0.966 bits per heavy atom. The minimum Gasteiger partial charge on any atom is -0.496 e. The number of rotatable bonds is 7. The van der Waals surface area contributed by atoms with Crippen LogP contribution in [0, 0.1) is 0 Å². The lowest BCUT2D eigenvalue weighted by Gasteiger charge is -2.34. The molecule has 29 heavy (non-hydrogen) atoms. The van der Waals surface area contributed by atoms with Crippen molar-refractivity contribution in [1.29, 1.82) is 0 Å². The Labute approximate surface area is 171 Å². The first-order valence-corrected chi connectivity index (χ1v) is 9.67. The molecular formula is C23H26N2O4. The molecule has 6 heteroatoms. The Balaban J connectivity index is 1.40. The fourth-order valence-corrected chi connectivity index (χ4v) is 3.23. The number of nitrogens with zero attached hydrogens (tertiary/aromatic N) is 2. The summed E-state index contributed by atoms with van der Waals surface area (Å²) in [6, 6.07) is 17.6. The van der Waals surface area contributed by atoms with Gasteiger partial charge in [0.05, 0.1) is 7.11 Å². The van der Waals surface area contributed by atoms with Crippen LogP contribution in [0.2, 0.25) is 0 Å². The van der Waals surface area contributed by atoms with Crippen molar-refractivity contribution in [3.63, 3.8) is 0 Å². The Hall–Kier alpha value is -3.12. The molecule has 0 aromatic heterocycles. The van der Waals surface area contributed by atoms with E-state index in [1.807, 2.05) is 42.5 Å². The first kappa shape index (κ1) is 20.6. The smallest absolute Gasteiger partial charge is 0.331 e. The van der Waals surface area contributed by atoms with Gasteiger partial charge < -0.3 is 14.4 Å². The zero-order chi connectivity index (χ0) is 20.5. The van der Waals surface area contributed by atoms with Crippen LogP contribution in [-0.2, 0) is 20.9 Å². The van der Waals surface area contributed by atoms with E-state index in [1.54, 1.807) is 18.1 Å². The highest BCUT2D eigenvalue weighted by Crippen LogP contribution is 2.18. The lowest BCUT2D eigenvalue weighted by molar-refractivity contribution is -0.149. The first-order valence-electron chi connectivity index (χ1n) is 9.67. The molecule has 0 bridgehead atoms. The molecule has 6 nitrogen and oxygen atoms in total. The van der Waals surface area contributed by atoms with Gasteiger partial charge >= 0.3 is 5.97 Å². The fraction of sp³-hybridized carbons (Fsp3) is 0.304. The van der Waals surface area contributed by atoms with E-state index in [9.17, 15) is 9.59 Å². The zero-order valence-electron chi connectivity index (χ0n) is 16.6. The van der Waals surface area contributed by atoms with Crippen LogP contribution in [0.5, 0.6) is 5.75 Å². The number of esters is 1. The van der Waals surface area contributed by atoms with Crippen molar-refractivity contribution in [2.24, 2.45) is 0 Å². The molecule has 0 unspecified atom stereocenters. The third kappa shape index (κ3) is 6.19. The number of carbonyl (C=O) groups excluding carboxylic acids is 2. The average molecular weight is 394 g/mol. The quantitative estimate of drug-likeness (QED) is 0.534. The summed E-state index contributed by atoms with van der Waals surface area (Å²) >= 11 is 0. The van der Waals surface area contributed by atoms with Crippen molar-refractivity contribution in [3.05, 3.63) is 71.8 Å². The number of carbonyl (C=O) groups is 2. The molecule has 1 fully saturated rings. The minimum atomic E-state index is -0.549. The molecule has 0 N–H and O–H groups in total. The van der Waals surface area contributed by atoms with Gasteiger partial charge in [-0.05, 0) is 17.7 Å². The molecule has 2 aromatic rings. The minimum absolute atomic E-state index is 0.164. The number of methoxy groups -OCH3 is 1. The van der Waals surface area contributed by atoms with Crippen molar-refractivity contribution in [2.45, 2.75) is 6.54 Å². The van der Waals surface area contributed by atoms with Crippen LogP contribution in [0.4, 0.5) is 0 Å². The highest BCUT2D eigenvalue weighted by Gasteiger charge is 2.21. The molecule has 1 aliphatic rings. The molecule has 0 saturated carbocycles. The molecule has 1 aliphatic heterocycles. The van der Waals surface area contributed by atoms with Crippen LogP contribution >= 0.6 is 0 Å². The van der Waals surface area contributed by atoms with E-state index in [0.717, 1.165) is 25.2 Å². The van der Waals surface area contributed by atoms with Crippen LogP contribution in [0.1, 0.15) is 11.1 Å². The average Bonchev–Trinajstić information content (AvgIpc) is 2.77. The van der Waals surface area contributed by atoms with Crippen molar-refractivity contribution in [2.75, 3.05) is 39.9 Å². The largest absolute Gasteiger partial charge is 0.496 e. The zero-order valence-corrected chi connectivity index (χ0v) is 16.6. The van der Waals surface area contributed by atoms with E-state index >= 15 is 0 Å². The topological polar surface area (TPSA) is 59.1 Å². The molecule has 3 rings (SSSR count). The molecule has 152 valence electrons. The van der Waals surface area contributed by atoms with Crippen LogP contribution < -0.4 is 4.74 Å². The summed E-state index contributed by atoms with van der Waals surface area (Å²) in [7, 11) is 1.57. The van der Waals surface area contributed by atoms with Crippen molar-refractivity contribution < 1.29 is 19.1 Å². The lowest BCUT2D eigenvalue weighted by atomic mass is 10.2. The van der Waals surface area contributed by atoms with Crippen LogP contribution in [0.3, 0.4) is 0 Å². The van der Waals surface area contributed by atoms with Gasteiger partial charge in [0.25, 0.3) is 5.91 Å². The second-order valence-corrected chi connectivity index (χ2v) is 6.83. The third-order valence-electron chi connectivity index (χ3n) is 4.85. The maximum Gasteiger partial charge on any atom is 0.331 e. The Kier molecular flexibility index (Phi) is 7.41. The van der Waals surface area contributed by atoms with Crippen LogP contribution in [0.25, 0.3) is 6.08 Å². The lowest BCUT2D eigenvalue weighted by Crippen LogP contribution is -2.49. The van der Waals surface area contributed by atoms with E-state index in [1.165, 1.54) is 11.6 Å².